The Balaban J connectivity index is 1.43. The van der Waals surface area contributed by atoms with Crippen LogP contribution in [0.2, 0.25) is 0 Å². The van der Waals surface area contributed by atoms with Gasteiger partial charge in [-0.05, 0) is 56.7 Å². The second-order valence-electron chi connectivity index (χ2n) is 9.36. The molecule has 2 aromatic carbocycles. The minimum atomic E-state index is -5.02. The summed E-state index contributed by atoms with van der Waals surface area (Å²) < 4.78 is 57.2. The van der Waals surface area contributed by atoms with Gasteiger partial charge in [-0.25, -0.2) is 9.78 Å². The topological polar surface area (TPSA) is 83.6 Å². The number of methoxy groups -OCH3 is 1. The first-order valence-corrected chi connectivity index (χ1v) is 12.6. The van der Waals surface area contributed by atoms with E-state index in [0.717, 1.165) is 28.6 Å². The molecule has 0 saturated carbocycles. The number of hydrogen-bond donors (Lipinski definition) is 0. The number of nitrogens with zero attached hydrogens (tertiary/aromatic N) is 2. The molecule has 1 atom stereocenters. The van der Waals surface area contributed by atoms with Gasteiger partial charge in [0.15, 0.2) is 0 Å². The smallest absolute Gasteiger partial charge is 0.454 e. The number of hydrogen-bond acceptors (Lipinski definition) is 6. The Hall–Kier alpha value is -4.34. The number of halogens is 3. The van der Waals surface area contributed by atoms with Gasteiger partial charge >= 0.3 is 12.1 Å². The maximum atomic E-state index is 13.1. The highest BCUT2D eigenvalue weighted by molar-refractivity contribution is 6.01. The second kappa shape index (κ2) is 11.8. The van der Waals surface area contributed by atoms with E-state index in [-0.39, 0.29) is 12.1 Å². The van der Waals surface area contributed by atoms with E-state index in [1.165, 1.54) is 18.6 Å². The van der Waals surface area contributed by atoms with Crippen molar-refractivity contribution < 1.29 is 36.7 Å². The van der Waals surface area contributed by atoms with Crippen LogP contribution in [-0.4, -0.2) is 41.2 Å². The van der Waals surface area contributed by atoms with E-state index in [0.29, 0.717) is 30.4 Å². The Bertz CT molecular complexity index is 1490. The summed E-state index contributed by atoms with van der Waals surface area (Å²) in [7, 11) is 1.21. The molecule has 2 heterocycles. The molecule has 1 unspecified atom stereocenters. The summed E-state index contributed by atoms with van der Waals surface area (Å²) in [5, 5.41) is 0. The first-order valence-electron chi connectivity index (χ1n) is 12.6. The SMILES string of the molecule is COC(=O)C(Cc1ccc(OCCc2nc(-c3ccccc3)oc2C)cc1)n1c(C)cc(C(=O)C(F)(F)F)c1C. The number of benzene rings is 2. The molecule has 4 aromatic rings. The van der Waals surface area contributed by atoms with Gasteiger partial charge < -0.3 is 18.5 Å². The van der Waals surface area contributed by atoms with Crippen LogP contribution >= 0.6 is 0 Å². The largest absolute Gasteiger partial charge is 0.493 e. The molecule has 210 valence electrons. The van der Waals surface area contributed by atoms with E-state index in [1.807, 2.05) is 37.3 Å². The molecule has 0 bridgehead atoms. The molecule has 0 spiro atoms. The molecule has 0 saturated heterocycles. The second-order valence-corrected chi connectivity index (χ2v) is 9.36. The van der Waals surface area contributed by atoms with Crippen molar-refractivity contribution in [2.24, 2.45) is 0 Å². The van der Waals surface area contributed by atoms with E-state index in [4.69, 9.17) is 13.9 Å². The summed E-state index contributed by atoms with van der Waals surface area (Å²) >= 11 is 0. The van der Waals surface area contributed by atoms with Crippen molar-refractivity contribution in [1.82, 2.24) is 9.55 Å². The molecule has 40 heavy (non-hydrogen) atoms. The van der Waals surface area contributed by atoms with Crippen LogP contribution in [0.15, 0.2) is 65.1 Å². The van der Waals surface area contributed by atoms with E-state index >= 15 is 0 Å². The fourth-order valence-electron chi connectivity index (χ4n) is 4.63. The summed E-state index contributed by atoms with van der Waals surface area (Å²) in [5.74, 6) is -0.697. The van der Waals surface area contributed by atoms with Gasteiger partial charge in [-0.2, -0.15) is 13.2 Å². The molecule has 0 aliphatic rings. The van der Waals surface area contributed by atoms with Crippen LogP contribution in [0.25, 0.3) is 11.5 Å². The minimum Gasteiger partial charge on any atom is -0.493 e. The fraction of sp³-hybridized carbons (Fsp3) is 0.300. The van der Waals surface area contributed by atoms with Gasteiger partial charge in [-0.3, -0.25) is 4.79 Å². The predicted octanol–water partition coefficient (Wildman–Crippen LogP) is 6.39. The molecule has 7 nitrogen and oxygen atoms in total. The predicted molar refractivity (Wildman–Crippen MR) is 141 cm³/mol. The van der Waals surface area contributed by atoms with Crippen LogP contribution in [-0.2, 0) is 22.4 Å². The number of carbonyl (C=O) groups excluding carboxylic acids is 2. The summed E-state index contributed by atoms with van der Waals surface area (Å²) in [6.45, 7) is 5.16. The minimum absolute atomic E-state index is 0.0498. The molecule has 0 amide bonds. The number of oxazole rings is 1. The standard InChI is InChI=1S/C30H29F3N2O5/c1-18-16-24(27(36)30(31,32)33)19(2)35(18)26(29(37)38-4)17-21-10-12-23(13-11-21)39-15-14-25-20(3)40-28(34-25)22-8-6-5-7-9-22/h5-13,16,26H,14-15,17H2,1-4H3. The molecule has 0 fully saturated rings. The zero-order valence-corrected chi connectivity index (χ0v) is 22.5. The third-order valence-corrected chi connectivity index (χ3v) is 6.64. The third-order valence-electron chi connectivity index (χ3n) is 6.64. The maximum Gasteiger partial charge on any atom is 0.454 e. The first kappa shape index (κ1) is 28.7. The van der Waals surface area contributed by atoms with Crippen molar-refractivity contribution in [3.05, 3.63) is 94.6 Å². The lowest BCUT2D eigenvalue weighted by Gasteiger charge is -2.21. The fourth-order valence-corrected chi connectivity index (χ4v) is 4.63. The van der Waals surface area contributed by atoms with Gasteiger partial charge in [-0.1, -0.05) is 30.3 Å². The lowest BCUT2D eigenvalue weighted by atomic mass is 10.0. The van der Waals surface area contributed by atoms with E-state index < -0.39 is 29.5 Å². The Morgan fingerprint density at radius 3 is 2.33 bits per heavy atom. The first-order chi connectivity index (χ1) is 19.0. The van der Waals surface area contributed by atoms with Crippen molar-refractivity contribution >= 4 is 11.8 Å². The average molecular weight is 555 g/mol. The van der Waals surface area contributed by atoms with Crippen molar-refractivity contribution in [3.8, 4) is 17.2 Å². The number of carbonyl (C=O) groups is 2. The monoisotopic (exact) mass is 554 g/mol. The Labute approximate surface area is 229 Å². The number of rotatable bonds is 10. The molecule has 0 N–H and O–H groups in total. The molecule has 2 aromatic heterocycles. The quantitative estimate of drug-likeness (QED) is 0.167. The molecule has 0 radical (unpaired) electrons. The summed E-state index contributed by atoms with van der Waals surface area (Å²) in [4.78, 5) is 29.1. The normalized spacial score (nSPS) is 12.3. The van der Waals surface area contributed by atoms with E-state index in [9.17, 15) is 22.8 Å². The number of ether oxygens (including phenoxy) is 2. The van der Waals surface area contributed by atoms with Gasteiger partial charge in [0.05, 0.1) is 19.4 Å². The lowest BCUT2D eigenvalue weighted by molar-refractivity contribution is -0.144. The molecular formula is C30H29F3N2O5. The van der Waals surface area contributed by atoms with Crippen LogP contribution in [0.3, 0.4) is 0 Å². The van der Waals surface area contributed by atoms with Gasteiger partial charge in [0.1, 0.15) is 17.6 Å². The van der Waals surface area contributed by atoms with E-state index in [1.54, 1.807) is 31.2 Å². The number of esters is 1. The number of aromatic nitrogens is 2. The summed E-state index contributed by atoms with van der Waals surface area (Å²) in [5.41, 5.74) is 2.34. The zero-order chi connectivity index (χ0) is 29.0. The number of Topliss-reactive ketones (excluding diaryl/α,β-unsaturated/α-hetero) is 1. The van der Waals surface area contributed by atoms with Crippen LogP contribution < -0.4 is 4.74 Å². The molecule has 10 heteroatoms. The van der Waals surface area contributed by atoms with Gasteiger partial charge in [0.2, 0.25) is 5.89 Å². The van der Waals surface area contributed by atoms with Crippen LogP contribution in [0.1, 0.15) is 44.8 Å². The maximum absolute atomic E-state index is 13.1. The van der Waals surface area contributed by atoms with Crippen LogP contribution in [0.5, 0.6) is 5.75 Å². The van der Waals surface area contributed by atoms with Gasteiger partial charge in [0, 0.05) is 35.4 Å². The highest BCUT2D eigenvalue weighted by Crippen LogP contribution is 2.30. The van der Waals surface area contributed by atoms with Crippen molar-refractivity contribution in [3.63, 3.8) is 0 Å². The lowest BCUT2D eigenvalue weighted by Crippen LogP contribution is -2.26. The van der Waals surface area contributed by atoms with Gasteiger partial charge in [-0.15, -0.1) is 0 Å². The Morgan fingerprint density at radius 1 is 1.02 bits per heavy atom. The molecule has 0 aliphatic carbocycles. The zero-order valence-electron chi connectivity index (χ0n) is 22.5. The molecule has 4 rings (SSSR count). The number of aryl methyl sites for hydroxylation is 2. The highest BCUT2D eigenvalue weighted by atomic mass is 19.4. The number of ketones is 1. The molecular weight excluding hydrogens is 525 g/mol. The van der Waals surface area contributed by atoms with Crippen molar-refractivity contribution in [1.29, 1.82) is 0 Å². The van der Waals surface area contributed by atoms with Crippen molar-refractivity contribution in [2.45, 2.75) is 45.8 Å². The van der Waals surface area contributed by atoms with Gasteiger partial charge in [0.25, 0.3) is 5.78 Å². The van der Waals surface area contributed by atoms with Crippen molar-refractivity contribution in [2.75, 3.05) is 13.7 Å². The van der Waals surface area contributed by atoms with E-state index in [2.05, 4.69) is 4.98 Å². The highest BCUT2D eigenvalue weighted by Gasteiger charge is 2.41. The van der Waals surface area contributed by atoms with Crippen LogP contribution in [0, 0.1) is 20.8 Å². The average Bonchev–Trinajstić information content (AvgIpc) is 3.45. The Kier molecular flexibility index (Phi) is 8.46. The number of alkyl halides is 3. The van der Waals surface area contributed by atoms with Crippen LogP contribution in [0.4, 0.5) is 13.2 Å². The summed E-state index contributed by atoms with van der Waals surface area (Å²) in [6, 6.07) is 16.9. The molecule has 0 aliphatic heterocycles. The third kappa shape index (κ3) is 6.27. The summed E-state index contributed by atoms with van der Waals surface area (Å²) in [6.07, 6.45) is -4.33. The Morgan fingerprint density at radius 2 is 1.70 bits per heavy atom.